The normalized spacial score (nSPS) is 23.2. The van der Waals surface area contributed by atoms with Crippen LogP contribution in [0.15, 0.2) is 41.3 Å². The monoisotopic (exact) mass is 636 g/mol. The number of anilines is 1. The van der Waals surface area contributed by atoms with Crippen molar-refractivity contribution >= 4 is 46.0 Å². The van der Waals surface area contributed by atoms with E-state index in [2.05, 4.69) is 26.3 Å². The Kier molecular flexibility index (Phi) is 8.45. The van der Waals surface area contributed by atoms with Crippen LogP contribution in [0.2, 0.25) is 0 Å². The maximum atomic E-state index is 14.2. The second kappa shape index (κ2) is 12.5. The number of rotatable bonds is 11. The van der Waals surface area contributed by atoms with Gasteiger partial charge in [-0.15, -0.1) is 0 Å². The van der Waals surface area contributed by atoms with Crippen LogP contribution in [0.1, 0.15) is 49.0 Å². The van der Waals surface area contributed by atoms with Crippen LogP contribution in [0.3, 0.4) is 0 Å². The van der Waals surface area contributed by atoms with Gasteiger partial charge >= 0.3 is 0 Å². The summed E-state index contributed by atoms with van der Waals surface area (Å²) in [5.41, 5.74) is -0.869. The third kappa shape index (κ3) is 6.03. The lowest BCUT2D eigenvalue weighted by atomic mass is 9.79. The molecular weight excluding hydrogens is 602 g/mol. The van der Waals surface area contributed by atoms with Crippen molar-refractivity contribution in [3.05, 3.63) is 64.2 Å². The number of amides is 4. The van der Waals surface area contributed by atoms with Crippen molar-refractivity contribution in [2.75, 3.05) is 12.4 Å². The van der Waals surface area contributed by atoms with E-state index in [1.165, 1.54) is 42.4 Å². The van der Waals surface area contributed by atoms with Crippen molar-refractivity contribution in [3.63, 3.8) is 0 Å². The number of aromatic nitrogens is 2. The van der Waals surface area contributed by atoms with Gasteiger partial charge in [-0.3, -0.25) is 28.8 Å². The SMILES string of the molecule is CNC(=O)C(=O)CC[C@H](NC(=O)c1cc2c(F)c(F)ccc2[nH]1)C(=O)Nc1cccn(CC(=O)NC2C3CC4CC(C3)C2C4)c1=O. The minimum absolute atomic E-state index is 0.115. The summed E-state index contributed by atoms with van der Waals surface area (Å²) in [6.07, 6.45) is 5.32. The van der Waals surface area contributed by atoms with Gasteiger partial charge in [-0.2, -0.15) is 0 Å². The van der Waals surface area contributed by atoms with Gasteiger partial charge in [0.25, 0.3) is 17.4 Å². The largest absolute Gasteiger partial charge is 0.353 e. The molecule has 7 rings (SSSR count). The van der Waals surface area contributed by atoms with Gasteiger partial charge in [0.05, 0.1) is 0 Å². The van der Waals surface area contributed by atoms with Crippen LogP contribution < -0.4 is 26.8 Å². The number of benzene rings is 1. The Labute approximate surface area is 261 Å². The number of hydrogen-bond donors (Lipinski definition) is 5. The van der Waals surface area contributed by atoms with Gasteiger partial charge < -0.3 is 30.8 Å². The molecule has 5 N–H and O–H groups in total. The first-order valence-corrected chi connectivity index (χ1v) is 15.3. The van der Waals surface area contributed by atoms with Gasteiger partial charge in [-0.1, -0.05) is 0 Å². The van der Waals surface area contributed by atoms with Crippen LogP contribution >= 0.6 is 0 Å². The molecule has 6 atom stereocenters. The van der Waals surface area contributed by atoms with Gasteiger partial charge in [-0.05, 0) is 86.1 Å². The number of aromatic amines is 1. The molecule has 4 bridgehead atoms. The zero-order valence-electron chi connectivity index (χ0n) is 25.0. The summed E-state index contributed by atoms with van der Waals surface area (Å²) in [6.45, 7) is -0.245. The zero-order valence-corrected chi connectivity index (χ0v) is 25.0. The van der Waals surface area contributed by atoms with Gasteiger partial charge in [0.2, 0.25) is 17.6 Å². The molecule has 0 spiro atoms. The fourth-order valence-electron chi connectivity index (χ4n) is 7.62. The number of carbonyl (C=O) groups is 5. The number of ketones is 1. The minimum Gasteiger partial charge on any atom is -0.353 e. The molecular formula is C32H34F2N6O6. The molecule has 2 heterocycles. The number of carbonyl (C=O) groups excluding carboxylic acids is 5. The smallest absolute Gasteiger partial charge is 0.287 e. The molecule has 2 aromatic heterocycles. The van der Waals surface area contributed by atoms with Crippen LogP contribution in [0.4, 0.5) is 14.5 Å². The molecule has 3 aromatic rings. The lowest BCUT2D eigenvalue weighted by Crippen LogP contribution is -2.46. The summed E-state index contributed by atoms with van der Waals surface area (Å²) in [5.74, 6) is -3.64. The minimum atomic E-state index is -1.42. The van der Waals surface area contributed by atoms with Crippen molar-refractivity contribution in [2.45, 2.75) is 57.2 Å². The van der Waals surface area contributed by atoms with Crippen molar-refractivity contribution < 1.29 is 32.8 Å². The molecule has 46 heavy (non-hydrogen) atoms. The Morgan fingerprint density at radius 1 is 1.04 bits per heavy atom. The van der Waals surface area contributed by atoms with E-state index in [1.807, 2.05) is 0 Å². The molecule has 4 saturated carbocycles. The van der Waals surface area contributed by atoms with Crippen LogP contribution in [-0.4, -0.2) is 58.1 Å². The number of nitrogens with zero attached hydrogens (tertiary/aromatic N) is 1. The maximum absolute atomic E-state index is 14.2. The lowest BCUT2D eigenvalue weighted by molar-refractivity contribution is -0.137. The Balaban J connectivity index is 1.15. The molecule has 14 heteroatoms. The molecule has 12 nitrogen and oxygen atoms in total. The standard InChI is InChI=1S/C32H34F2N6O6/c1-35-31(45)25(41)7-6-22(37-30(44)24-13-19-21(36-24)5-4-20(33)27(19)34)29(43)38-23-3-2-8-40(32(23)46)14-26(42)39-28-17-10-15-9-16(12-17)18(28)11-15/h2-5,8,13,15-18,22,28,36H,6-7,9-12,14H2,1H3,(H,35,45)(H,37,44)(H,38,43)(H,39,42)/t15?,16?,17?,18?,22-,28?/m0/s1. The van der Waals surface area contributed by atoms with Crippen LogP contribution in [0, 0.1) is 35.3 Å². The van der Waals surface area contributed by atoms with Crippen LogP contribution in [-0.2, 0) is 25.7 Å². The van der Waals surface area contributed by atoms with E-state index in [4.69, 9.17) is 0 Å². The Hall–Kier alpha value is -4.88. The van der Waals surface area contributed by atoms with Crippen molar-refractivity contribution in [3.8, 4) is 0 Å². The van der Waals surface area contributed by atoms with Gasteiger partial charge in [-0.25, -0.2) is 8.78 Å². The van der Waals surface area contributed by atoms with E-state index >= 15 is 0 Å². The van der Waals surface area contributed by atoms with Crippen LogP contribution in [0.5, 0.6) is 0 Å². The number of fused-ring (bicyclic) bond motifs is 1. The van der Waals surface area contributed by atoms with E-state index < -0.39 is 53.2 Å². The average Bonchev–Trinajstić information content (AvgIpc) is 3.67. The number of pyridine rings is 1. The Morgan fingerprint density at radius 2 is 1.83 bits per heavy atom. The molecule has 0 radical (unpaired) electrons. The highest BCUT2D eigenvalue weighted by atomic mass is 19.2. The highest BCUT2D eigenvalue weighted by molar-refractivity contribution is 6.36. The number of nitrogens with one attached hydrogen (secondary N) is 5. The molecule has 242 valence electrons. The fourth-order valence-corrected chi connectivity index (χ4v) is 7.62. The van der Waals surface area contributed by atoms with E-state index in [0.717, 1.165) is 37.3 Å². The van der Waals surface area contributed by atoms with Crippen molar-refractivity contribution in [2.24, 2.45) is 23.7 Å². The number of halogens is 2. The van der Waals surface area contributed by atoms with Crippen molar-refractivity contribution in [1.29, 1.82) is 0 Å². The molecule has 0 aliphatic heterocycles. The molecule has 0 saturated heterocycles. The van der Waals surface area contributed by atoms with Gasteiger partial charge in [0.15, 0.2) is 11.6 Å². The highest BCUT2D eigenvalue weighted by Gasteiger charge is 2.54. The van der Waals surface area contributed by atoms with Crippen LogP contribution in [0.25, 0.3) is 10.9 Å². The summed E-state index contributed by atoms with van der Waals surface area (Å²) in [7, 11) is 1.27. The first kappa shape index (κ1) is 31.1. The fraction of sp³-hybridized carbons (Fsp3) is 0.438. The second-order valence-corrected chi connectivity index (χ2v) is 12.5. The topological polar surface area (TPSA) is 171 Å². The Morgan fingerprint density at radius 3 is 2.59 bits per heavy atom. The number of Topliss-reactive ketones (excluding diaryl/α,β-unsaturated/α-hetero) is 1. The molecule has 4 fully saturated rings. The summed E-state index contributed by atoms with van der Waals surface area (Å²) >= 11 is 0. The van der Waals surface area contributed by atoms with E-state index in [9.17, 15) is 37.5 Å². The average molecular weight is 637 g/mol. The predicted octanol–water partition coefficient (Wildman–Crippen LogP) is 1.99. The first-order valence-electron chi connectivity index (χ1n) is 15.3. The molecule has 5 unspecified atom stereocenters. The maximum Gasteiger partial charge on any atom is 0.287 e. The highest BCUT2D eigenvalue weighted by Crippen LogP contribution is 2.58. The third-order valence-electron chi connectivity index (χ3n) is 9.67. The number of H-pyrrole nitrogens is 1. The van der Waals surface area contributed by atoms with Gasteiger partial charge in [0, 0.05) is 36.6 Å². The zero-order chi connectivity index (χ0) is 32.7. The predicted molar refractivity (Wildman–Crippen MR) is 161 cm³/mol. The lowest BCUT2D eigenvalue weighted by Gasteiger charge is -2.32. The quantitative estimate of drug-likeness (QED) is 0.202. The Bertz CT molecular complexity index is 1800. The summed E-state index contributed by atoms with van der Waals surface area (Å²) in [4.78, 5) is 79.3. The number of likely N-dealkylation sites (N-methyl/N-ethyl adjacent to an activating group) is 1. The molecule has 1 aromatic carbocycles. The summed E-state index contributed by atoms with van der Waals surface area (Å²) in [5, 5.41) is 10.1. The third-order valence-corrected chi connectivity index (χ3v) is 9.67. The molecule has 4 aliphatic rings. The second-order valence-electron chi connectivity index (χ2n) is 12.5. The van der Waals surface area contributed by atoms with Crippen molar-refractivity contribution in [1.82, 2.24) is 25.5 Å². The summed E-state index contributed by atoms with van der Waals surface area (Å²) in [6, 6.07) is 4.75. The van der Waals surface area contributed by atoms with E-state index in [-0.39, 0.29) is 47.2 Å². The number of hydrogen-bond acceptors (Lipinski definition) is 6. The van der Waals surface area contributed by atoms with E-state index in [1.54, 1.807) is 0 Å². The van der Waals surface area contributed by atoms with Gasteiger partial charge in [0.1, 0.15) is 24.0 Å². The summed E-state index contributed by atoms with van der Waals surface area (Å²) < 4.78 is 29.1. The molecule has 4 amide bonds. The van der Waals surface area contributed by atoms with E-state index in [0.29, 0.717) is 17.8 Å². The first-order chi connectivity index (χ1) is 22.0. The molecule has 4 aliphatic carbocycles.